The molecule has 0 amide bonds. The maximum absolute atomic E-state index is 5.35. The van der Waals surface area contributed by atoms with Gasteiger partial charge >= 0.3 is 0 Å². The number of aryl methyl sites for hydroxylation is 1. The fraction of sp³-hybridized carbons (Fsp3) is 0.429. The van der Waals surface area contributed by atoms with Crippen LogP contribution in [0.3, 0.4) is 0 Å². The van der Waals surface area contributed by atoms with Crippen molar-refractivity contribution in [3.8, 4) is 11.5 Å². The van der Waals surface area contributed by atoms with E-state index >= 15 is 0 Å². The van der Waals surface area contributed by atoms with Crippen molar-refractivity contribution in [3.63, 3.8) is 0 Å². The molecule has 0 saturated heterocycles. The number of hydrogen-bond donors (Lipinski definition) is 0. The van der Waals surface area contributed by atoms with E-state index in [2.05, 4.69) is 5.38 Å². The molecular weight excluding hydrogens is 326 g/mol. The normalized spacial score (nSPS) is 12.8. The molecule has 0 unspecified atom stereocenters. The Kier molecular flexibility index (Phi) is 6.84. The third-order valence-electron chi connectivity index (χ3n) is 1.40. The maximum Gasteiger partial charge on any atom is 0.118 e. The van der Waals surface area contributed by atoms with Crippen molar-refractivity contribution in [1.82, 2.24) is 0 Å². The van der Waals surface area contributed by atoms with Crippen LogP contribution in [0.4, 0.5) is 0 Å². The minimum atomic E-state index is 0. The summed E-state index contributed by atoms with van der Waals surface area (Å²) < 4.78 is 10.6. The van der Waals surface area contributed by atoms with E-state index in [9.17, 15) is 0 Å². The van der Waals surface area contributed by atoms with Gasteiger partial charge in [0, 0.05) is 76.9 Å². The number of thiophene rings is 1. The molecule has 2 rings (SSSR count). The van der Waals surface area contributed by atoms with Crippen LogP contribution < -0.4 is 9.47 Å². The monoisotopic (exact) mass is 333 g/mol. The average Bonchev–Trinajstić information content (AvgIpc) is 2.34. The molecule has 0 saturated carbocycles. The average molecular weight is 333 g/mol. The second-order valence-corrected chi connectivity index (χ2v) is 3.14. The molecule has 1 aromatic rings. The summed E-state index contributed by atoms with van der Waals surface area (Å²) in [6, 6.07) is 0. The summed E-state index contributed by atoms with van der Waals surface area (Å²) in [6.07, 6.45) is 0. The first-order chi connectivity index (χ1) is 4.88. The number of ether oxygens (including phenoxy) is 2. The summed E-state index contributed by atoms with van der Waals surface area (Å²) in [5.74, 6) is 1.67. The molecule has 1 aliphatic rings. The zero-order valence-electron chi connectivity index (χ0n) is 6.79. The van der Waals surface area contributed by atoms with Crippen molar-refractivity contribution >= 4 is 11.3 Å². The molecule has 2 nitrogen and oxygen atoms in total. The molecule has 60 valence electrons. The van der Waals surface area contributed by atoms with Crippen LogP contribution >= 0.6 is 11.3 Å². The Hall–Kier alpha value is 1.51. The summed E-state index contributed by atoms with van der Waals surface area (Å²) in [6.45, 7) is 3.33. The molecular formula is C7H7O2SY2-. The Balaban J connectivity index is 0.000000605. The summed E-state index contributed by atoms with van der Waals surface area (Å²) >= 11 is 1.55. The van der Waals surface area contributed by atoms with Gasteiger partial charge in [-0.3, -0.25) is 11.3 Å². The van der Waals surface area contributed by atoms with E-state index in [0.717, 1.165) is 16.4 Å². The van der Waals surface area contributed by atoms with E-state index in [-0.39, 0.29) is 65.4 Å². The van der Waals surface area contributed by atoms with Gasteiger partial charge in [-0.05, 0) is 0 Å². The van der Waals surface area contributed by atoms with E-state index < -0.39 is 0 Å². The molecule has 2 radical (unpaired) electrons. The first-order valence-electron chi connectivity index (χ1n) is 3.14. The quantitative estimate of drug-likeness (QED) is 0.672. The van der Waals surface area contributed by atoms with Gasteiger partial charge in [0.15, 0.2) is 0 Å². The van der Waals surface area contributed by atoms with E-state index in [1.54, 1.807) is 11.3 Å². The molecule has 12 heavy (non-hydrogen) atoms. The van der Waals surface area contributed by atoms with Crippen LogP contribution in [0, 0.1) is 12.3 Å². The molecule has 0 atom stereocenters. The van der Waals surface area contributed by atoms with E-state index in [1.165, 1.54) is 0 Å². The van der Waals surface area contributed by atoms with Gasteiger partial charge in [-0.2, -0.15) is 0 Å². The molecule has 0 N–H and O–H groups in total. The molecule has 2 heterocycles. The summed E-state index contributed by atoms with van der Waals surface area (Å²) in [5.41, 5.74) is 0. The second-order valence-electron chi connectivity index (χ2n) is 2.12. The second kappa shape index (κ2) is 6.08. The SMILES string of the molecule is Cc1s[c-]c2c1OCCO2.[Y].[Y]. The summed E-state index contributed by atoms with van der Waals surface area (Å²) in [5, 5.41) is 3.02. The molecule has 0 aromatic carbocycles. The van der Waals surface area contributed by atoms with Crippen LogP contribution in [0.2, 0.25) is 0 Å². The molecule has 1 aliphatic heterocycles. The molecule has 5 heteroatoms. The molecule has 0 aliphatic carbocycles. The van der Waals surface area contributed by atoms with Crippen molar-refractivity contribution in [2.24, 2.45) is 0 Å². The third-order valence-corrected chi connectivity index (χ3v) is 2.18. The van der Waals surface area contributed by atoms with E-state index in [1.807, 2.05) is 6.92 Å². The van der Waals surface area contributed by atoms with Gasteiger partial charge in [-0.25, -0.2) is 0 Å². The predicted molar refractivity (Wildman–Crippen MR) is 38.9 cm³/mol. The van der Waals surface area contributed by atoms with Crippen LogP contribution in [0.1, 0.15) is 4.88 Å². The summed E-state index contributed by atoms with van der Waals surface area (Å²) in [7, 11) is 0. The van der Waals surface area contributed by atoms with Gasteiger partial charge in [-0.15, -0.1) is 4.88 Å². The zero-order valence-corrected chi connectivity index (χ0v) is 13.3. The van der Waals surface area contributed by atoms with Crippen molar-refractivity contribution in [2.75, 3.05) is 13.2 Å². The fourth-order valence-corrected chi connectivity index (χ4v) is 1.57. The molecule has 0 fully saturated rings. The van der Waals surface area contributed by atoms with Gasteiger partial charge in [0.05, 0.1) is 0 Å². The molecule has 1 aromatic heterocycles. The van der Waals surface area contributed by atoms with Crippen LogP contribution in [0.5, 0.6) is 11.5 Å². The first kappa shape index (κ1) is 13.5. The Morgan fingerprint density at radius 1 is 1.25 bits per heavy atom. The Labute approximate surface area is 126 Å². The Bertz CT molecular complexity index is 250. The Morgan fingerprint density at radius 3 is 2.58 bits per heavy atom. The van der Waals surface area contributed by atoms with Crippen molar-refractivity contribution in [3.05, 3.63) is 10.3 Å². The van der Waals surface area contributed by atoms with Gasteiger partial charge in [0.25, 0.3) is 0 Å². The first-order valence-corrected chi connectivity index (χ1v) is 3.96. The summed E-state index contributed by atoms with van der Waals surface area (Å²) in [4.78, 5) is 1.15. The van der Waals surface area contributed by atoms with Gasteiger partial charge in [0.1, 0.15) is 13.2 Å². The van der Waals surface area contributed by atoms with E-state index in [4.69, 9.17) is 9.47 Å². The van der Waals surface area contributed by atoms with E-state index in [0.29, 0.717) is 13.2 Å². The van der Waals surface area contributed by atoms with Crippen LogP contribution in [-0.2, 0) is 65.4 Å². The van der Waals surface area contributed by atoms with Crippen molar-refractivity contribution in [1.29, 1.82) is 0 Å². The predicted octanol–water partition coefficient (Wildman–Crippen LogP) is 1.62. The van der Waals surface area contributed by atoms with Crippen LogP contribution in [0.15, 0.2) is 0 Å². The largest absolute Gasteiger partial charge is 0.554 e. The topological polar surface area (TPSA) is 18.5 Å². The minimum absolute atomic E-state index is 0. The number of hydrogen-bond acceptors (Lipinski definition) is 3. The van der Waals surface area contributed by atoms with Gasteiger partial charge in [0.2, 0.25) is 0 Å². The van der Waals surface area contributed by atoms with Gasteiger partial charge < -0.3 is 9.47 Å². The minimum Gasteiger partial charge on any atom is -0.554 e. The number of rotatable bonds is 0. The van der Waals surface area contributed by atoms with Crippen LogP contribution in [-0.4, -0.2) is 13.2 Å². The van der Waals surface area contributed by atoms with Crippen molar-refractivity contribution in [2.45, 2.75) is 6.92 Å². The third kappa shape index (κ3) is 2.75. The standard InChI is InChI=1S/C7H7O2S.2Y/c1-5-7-6(4-10-5)8-2-3-9-7;;/h2-3H2,1H3;;/q-1;;. The maximum atomic E-state index is 5.35. The van der Waals surface area contributed by atoms with Crippen molar-refractivity contribution < 1.29 is 74.9 Å². The fourth-order valence-electron chi connectivity index (χ4n) is 0.925. The van der Waals surface area contributed by atoms with Gasteiger partial charge in [-0.1, -0.05) is 12.3 Å². The molecule has 0 spiro atoms. The molecule has 0 bridgehead atoms. The smallest absolute Gasteiger partial charge is 0.118 e. The Morgan fingerprint density at radius 2 is 1.92 bits per heavy atom. The number of fused-ring (bicyclic) bond motifs is 1. The zero-order chi connectivity index (χ0) is 6.97. The van der Waals surface area contributed by atoms with Crippen LogP contribution in [0.25, 0.3) is 0 Å².